The predicted molar refractivity (Wildman–Crippen MR) is 122 cm³/mol. The average molecular weight is 369 g/mol. The van der Waals surface area contributed by atoms with E-state index in [0.717, 1.165) is 22.2 Å². The lowest BCUT2D eigenvalue weighted by Gasteiger charge is -2.26. The summed E-state index contributed by atoms with van der Waals surface area (Å²) in [6.45, 7) is 13.5. The average Bonchev–Trinajstić information content (AvgIpc) is 2.66. The second-order valence-electron chi connectivity index (χ2n) is 9.60. The molecular formula is C26H30BO. The smallest absolute Gasteiger partial charge is 0.327 e. The SMILES string of the molecule is CC(C)(C)c1cc(-c2ccc(-c3ccccc3)c([B]O)c2)cc(C(C)(C)C)c1. The number of benzene rings is 3. The molecule has 0 aromatic heterocycles. The van der Waals surface area contributed by atoms with Gasteiger partial charge in [-0.1, -0.05) is 108 Å². The molecule has 0 fully saturated rings. The molecule has 0 heterocycles. The highest BCUT2D eigenvalue weighted by molar-refractivity contribution is 6.48. The third-order valence-corrected chi connectivity index (χ3v) is 5.27. The summed E-state index contributed by atoms with van der Waals surface area (Å²) >= 11 is 0. The Morgan fingerprint density at radius 1 is 0.607 bits per heavy atom. The van der Waals surface area contributed by atoms with E-state index in [1.54, 1.807) is 0 Å². The van der Waals surface area contributed by atoms with Gasteiger partial charge >= 0.3 is 7.48 Å². The van der Waals surface area contributed by atoms with Gasteiger partial charge in [-0.25, -0.2) is 0 Å². The van der Waals surface area contributed by atoms with Crippen molar-refractivity contribution in [2.75, 3.05) is 0 Å². The first-order valence-electron chi connectivity index (χ1n) is 9.93. The van der Waals surface area contributed by atoms with Crippen LogP contribution in [0.3, 0.4) is 0 Å². The summed E-state index contributed by atoms with van der Waals surface area (Å²) in [5.41, 5.74) is 8.10. The lowest BCUT2D eigenvalue weighted by molar-refractivity contribution is 0.569. The molecule has 143 valence electrons. The van der Waals surface area contributed by atoms with Crippen molar-refractivity contribution >= 4 is 12.9 Å². The van der Waals surface area contributed by atoms with Crippen LogP contribution in [0.2, 0.25) is 0 Å². The number of hydrogen-bond acceptors (Lipinski definition) is 1. The van der Waals surface area contributed by atoms with E-state index < -0.39 is 0 Å². The summed E-state index contributed by atoms with van der Waals surface area (Å²) in [4.78, 5) is 0. The van der Waals surface area contributed by atoms with E-state index in [2.05, 4.69) is 90.1 Å². The van der Waals surface area contributed by atoms with Gasteiger partial charge in [-0.3, -0.25) is 0 Å². The van der Waals surface area contributed by atoms with Crippen LogP contribution in [0.5, 0.6) is 0 Å². The van der Waals surface area contributed by atoms with Gasteiger partial charge in [0, 0.05) is 0 Å². The maximum atomic E-state index is 9.89. The first-order valence-corrected chi connectivity index (χ1v) is 9.93. The molecule has 3 rings (SSSR count). The van der Waals surface area contributed by atoms with Crippen LogP contribution in [0.25, 0.3) is 22.3 Å². The highest BCUT2D eigenvalue weighted by atomic mass is 16.2. The first-order chi connectivity index (χ1) is 13.1. The Hall–Kier alpha value is -2.32. The molecule has 0 saturated heterocycles. The maximum absolute atomic E-state index is 9.89. The molecule has 0 aliphatic heterocycles. The fourth-order valence-corrected chi connectivity index (χ4v) is 3.39. The molecular weight excluding hydrogens is 339 g/mol. The molecule has 28 heavy (non-hydrogen) atoms. The summed E-state index contributed by atoms with van der Waals surface area (Å²) in [6.07, 6.45) is 0. The predicted octanol–water partition coefficient (Wildman–Crippen LogP) is 5.85. The van der Waals surface area contributed by atoms with Gasteiger partial charge in [-0.2, -0.15) is 0 Å². The van der Waals surface area contributed by atoms with Crippen LogP contribution in [0, 0.1) is 0 Å². The van der Waals surface area contributed by atoms with Gasteiger partial charge in [-0.15, -0.1) is 0 Å². The summed E-state index contributed by atoms with van der Waals surface area (Å²) in [6, 6.07) is 23.4. The van der Waals surface area contributed by atoms with Crippen molar-refractivity contribution in [2.45, 2.75) is 52.4 Å². The Morgan fingerprint density at radius 3 is 1.68 bits per heavy atom. The Bertz CT molecular complexity index is 928. The van der Waals surface area contributed by atoms with Crippen molar-refractivity contribution < 1.29 is 5.02 Å². The van der Waals surface area contributed by atoms with Crippen LogP contribution in [0.1, 0.15) is 52.7 Å². The number of rotatable bonds is 3. The fraction of sp³-hybridized carbons (Fsp3) is 0.308. The summed E-state index contributed by atoms with van der Waals surface area (Å²) < 4.78 is 0. The van der Waals surface area contributed by atoms with Crippen molar-refractivity contribution in [3.05, 3.63) is 77.9 Å². The minimum Gasteiger partial charge on any atom is -0.450 e. The van der Waals surface area contributed by atoms with E-state index in [9.17, 15) is 5.02 Å². The van der Waals surface area contributed by atoms with E-state index in [1.807, 2.05) is 18.2 Å². The van der Waals surface area contributed by atoms with E-state index in [0.29, 0.717) is 0 Å². The molecule has 0 bridgehead atoms. The van der Waals surface area contributed by atoms with Crippen LogP contribution in [0.15, 0.2) is 66.7 Å². The van der Waals surface area contributed by atoms with Gasteiger partial charge < -0.3 is 5.02 Å². The van der Waals surface area contributed by atoms with Crippen molar-refractivity contribution in [1.29, 1.82) is 0 Å². The third kappa shape index (κ3) is 4.39. The molecule has 3 aromatic rings. The Balaban J connectivity index is 2.15. The topological polar surface area (TPSA) is 20.2 Å². The molecule has 0 atom stereocenters. The van der Waals surface area contributed by atoms with Gasteiger partial charge in [-0.05, 0) is 49.7 Å². The largest absolute Gasteiger partial charge is 0.450 e. The van der Waals surface area contributed by atoms with Crippen molar-refractivity contribution in [3.8, 4) is 22.3 Å². The molecule has 0 saturated carbocycles. The molecule has 1 radical (unpaired) electrons. The zero-order valence-corrected chi connectivity index (χ0v) is 17.9. The second-order valence-corrected chi connectivity index (χ2v) is 9.60. The minimum absolute atomic E-state index is 0.0753. The number of hydrogen-bond donors (Lipinski definition) is 1. The monoisotopic (exact) mass is 369 g/mol. The fourth-order valence-electron chi connectivity index (χ4n) is 3.39. The zero-order chi connectivity index (χ0) is 20.5. The summed E-state index contributed by atoms with van der Waals surface area (Å²) in [7, 11) is 1.21. The van der Waals surface area contributed by atoms with E-state index in [1.165, 1.54) is 24.2 Å². The summed E-state index contributed by atoms with van der Waals surface area (Å²) in [5, 5.41) is 9.89. The maximum Gasteiger partial charge on any atom is 0.327 e. The van der Waals surface area contributed by atoms with Gasteiger partial charge in [0.2, 0.25) is 0 Å². The third-order valence-electron chi connectivity index (χ3n) is 5.27. The van der Waals surface area contributed by atoms with Gasteiger partial charge in [0.25, 0.3) is 0 Å². The van der Waals surface area contributed by atoms with Crippen LogP contribution in [0.4, 0.5) is 0 Å². The molecule has 0 amide bonds. The minimum atomic E-state index is 0.0753. The zero-order valence-electron chi connectivity index (χ0n) is 17.9. The van der Waals surface area contributed by atoms with Crippen LogP contribution in [-0.4, -0.2) is 12.5 Å². The van der Waals surface area contributed by atoms with Gasteiger partial charge in [0.05, 0.1) is 0 Å². The highest BCUT2D eigenvalue weighted by Gasteiger charge is 2.21. The van der Waals surface area contributed by atoms with Crippen molar-refractivity contribution in [1.82, 2.24) is 0 Å². The summed E-state index contributed by atoms with van der Waals surface area (Å²) in [5.74, 6) is 0. The van der Waals surface area contributed by atoms with E-state index in [4.69, 9.17) is 0 Å². The highest BCUT2D eigenvalue weighted by Crippen LogP contribution is 2.34. The molecule has 3 aromatic carbocycles. The van der Waals surface area contributed by atoms with Gasteiger partial charge in [0.15, 0.2) is 0 Å². The first kappa shape index (κ1) is 20.4. The Morgan fingerprint density at radius 2 is 1.18 bits per heavy atom. The van der Waals surface area contributed by atoms with Crippen LogP contribution in [-0.2, 0) is 10.8 Å². The Kier molecular flexibility index (Phi) is 5.54. The molecule has 1 nitrogen and oxygen atoms in total. The normalized spacial score (nSPS) is 12.1. The Labute approximate surface area is 170 Å². The molecule has 0 aliphatic rings. The quantitative estimate of drug-likeness (QED) is 0.574. The van der Waals surface area contributed by atoms with Crippen LogP contribution < -0.4 is 5.46 Å². The molecule has 0 spiro atoms. The standard InChI is InChI=1S/C26H30BO/c1-25(2,3)21-14-20(15-22(17-21)26(4,5)6)19-12-13-23(24(16-19)27-28)18-10-8-7-9-11-18/h7-17,28H,1-6H3. The molecule has 1 N–H and O–H groups in total. The second kappa shape index (κ2) is 7.60. The van der Waals surface area contributed by atoms with E-state index >= 15 is 0 Å². The van der Waals surface area contributed by atoms with E-state index in [-0.39, 0.29) is 10.8 Å². The lowest BCUT2D eigenvalue weighted by Crippen LogP contribution is -2.18. The van der Waals surface area contributed by atoms with Gasteiger partial charge in [0.1, 0.15) is 0 Å². The molecule has 0 unspecified atom stereocenters. The van der Waals surface area contributed by atoms with Crippen LogP contribution >= 0.6 is 0 Å². The lowest BCUT2D eigenvalue weighted by atomic mass is 9.77. The molecule has 2 heteroatoms. The molecule has 0 aliphatic carbocycles. The van der Waals surface area contributed by atoms with Crippen molar-refractivity contribution in [2.24, 2.45) is 0 Å². The van der Waals surface area contributed by atoms with Crippen molar-refractivity contribution in [3.63, 3.8) is 0 Å².